The van der Waals surface area contributed by atoms with Crippen molar-refractivity contribution in [3.05, 3.63) is 118 Å². The number of carbonyl (C=O) groups excluding carboxylic acids is 2. The molecule has 0 radical (unpaired) electrons. The van der Waals surface area contributed by atoms with Crippen LogP contribution in [0.25, 0.3) is 0 Å². The van der Waals surface area contributed by atoms with E-state index in [2.05, 4.69) is 18.2 Å². The van der Waals surface area contributed by atoms with E-state index in [4.69, 9.17) is 4.74 Å². The largest absolute Gasteiger partial charge is 0.481 e. The fraction of sp³-hybridized carbons (Fsp3) is 0.200. The summed E-state index contributed by atoms with van der Waals surface area (Å²) in [5.74, 6) is 0.513. The SMILES string of the molecule is CC(Oc1ccc2c(c1)C(c1ccccc1)N(C(=O)c1cccs1)CC2)C(=O)N(C)c1ccccc1. The predicted molar refractivity (Wildman–Crippen MR) is 144 cm³/mol. The standard InChI is InChI=1S/C30H28N2O3S/c1-21(29(33)31(2)24-12-7-4-8-13-24)35-25-16-15-22-17-18-32(30(34)27-14-9-19-36-27)28(26(22)20-25)23-10-5-3-6-11-23/h3-16,19-21,28H,17-18H2,1-2H3. The van der Waals surface area contributed by atoms with Crippen molar-refractivity contribution in [2.24, 2.45) is 0 Å². The Bertz CT molecular complexity index is 1340. The first-order valence-corrected chi connectivity index (χ1v) is 12.9. The second-order valence-electron chi connectivity index (χ2n) is 8.89. The lowest BCUT2D eigenvalue weighted by atomic mass is 9.87. The van der Waals surface area contributed by atoms with Crippen LogP contribution in [0.3, 0.4) is 0 Å². The monoisotopic (exact) mass is 496 g/mol. The molecule has 2 atom stereocenters. The first kappa shape index (κ1) is 23.8. The Labute approximate surface area is 215 Å². The molecule has 0 N–H and O–H groups in total. The van der Waals surface area contributed by atoms with Gasteiger partial charge in [-0.25, -0.2) is 0 Å². The van der Waals surface area contributed by atoms with E-state index in [9.17, 15) is 9.59 Å². The van der Waals surface area contributed by atoms with Gasteiger partial charge in [-0.3, -0.25) is 9.59 Å². The molecule has 182 valence electrons. The Morgan fingerprint density at radius 1 is 0.972 bits per heavy atom. The van der Waals surface area contributed by atoms with Gasteiger partial charge < -0.3 is 14.5 Å². The summed E-state index contributed by atoms with van der Waals surface area (Å²) in [7, 11) is 1.75. The number of amides is 2. The first-order valence-electron chi connectivity index (χ1n) is 12.0. The summed E-state index contributed by atoms with van der Waals surface area (Å²) >= 11 is 1.46. The number of hydrogen-bond donors (Lipinski definition) is 0. The molecule has 2 heterocycles. The number of ether oxygens (including phenoxy) is 1. The summed E-state index contributed by atoms with van der Waals surface area (Å²) in [6, 6.07) is 29.1. The van der Waals surface area contributed by atoms with Crippen LogP contribution in [0.2, 0.25) is 0 Å². The van der Waals surface area contributed by atoms with Crippen molar-refractivity contribution in [2.75, 3.05) is 18.5 Å². The Morgan fingerprint density at radius 2 is 1.69 bits per heavy atom. The van der Waals surface area contributed by atoms with Crippen molar-refractivity contribution in [2.45, 2.75) is 25.5 Å². The van der Waals surface area contributed by atoms with Crippen molar-refractivity contribution >= 4 is 28.8 Å². The zero-order valence-electron chi connectivity index (χ0n) is 20.3. The van der Waals surface area contributed by atoms with Crippen LogP contribution in [0.4, 0.5) is 5.69 Å². The van der Waals surface area contributed by atoms with Crippen LogP contribution in [0, 0.1) is 0 Å². The maximum atomic E-state index is 13.5. The van der Waals surface area contributed by atoms with Gasteiger partial charge in [0.05, 0.1) is 10.9 Å². The van der Waals surface area contributed by atoms with Gasteiger partial charge in [-0.1, -0.05) is 60.7 Å². The van der Waals surface area contributed by atoms with Crippen LogP contribution >= 0.6 is 11.3 Å². The zero-order valence-corrected chi connectivity index (χ0v) is 21.2. The molecule has 1 aromatic heterocycles. The van der Waals surface area contributed by atoms with Gasteiger partial charge in [-0.2, -0.15) is 0 Å². The third-order valence-electron chi connectivity index (χ3n) is 6.59. The van der Waals surface area contributed by atoms with Crippen LogP contribution in [0.1, 0.15) is 39.3 Å². The molecule has 2 unspecified atom stereocenters. The summed E-state index contributed by atoms with van der Waals surface area (Å²) in [6.07, 6.45) is 0.0947. The lowest BCUT2D eigenvalue weighted by Gasteiger charge is -2.38. The van der Waals surface area contributed by atoms with E-state index in [1.165, 1.54) is 16.9 Å². The van der Waals surface area contributed by atoms with Crippen LogP contribution in [-0.4, -0.2) is 36.4 Å². The molecule has 6 heteroatoms. The molecule has 1 aliphatic heterocycles. The number of hydrogen-bond acceptors (Lipinski definition) is 4. The number of benzene rings is 3. The van der Waals surface area contributed by atoms with Crippen LogP contribution < -0.4 is 9.64 Å². The third-order valence-corrected chi connectivity index (χ3v) is 7.45. The summed E-state index contributed by atoms with van der Waals surface area (Å²) in [5, 5.41) is 1.93. The van der Waals surface area contributed by atoms with E-state index in [0.717, 1.165) is 28.1 Å². The van der Waals surface area contributed by atoms with Crippen molar-refractivity contribution in [3.63, 3.8) is 0 Å². The van der Waals surface area contributed by atoms with Crippen molar-refractivity contribution in [1.82, 2.24) is 4.90 Å². The minimum atomic E-state index is -0.670. The Kier molecular flexibility index (Phi) is 6.87. The number of anilines is 1. The summed E-state index contributed by atoms with van der Waals surface area (Å²) in [6.45, 7) is 2.41. The second-order valence-corrected chi connectivity index (χ2v) is 9.84. The summed E-state index contributed by atoms with van der Waals surface area (Å²) < 4.78 is 6.14. The normalized spacial score (nSPS) is 15.6. The molecule has 4 aromatic rings. The highest BCUT2D eigenvalue weighted by atomic mass is 32.1. The average molecular weight is 497 g/mol. The smallest absolute Gasteiger partial charge is 0.267 e. The minimum Gasteiger partial charge on any atom is -0.481 e. The quantitative estimate of drug-likeness (QED) is 0.331. The summed E-state index contributed by atoms with van der Waals surface area (Å²) in [4.78, 5) is 30.8. The number of thiophene rings is 1. The van der Waals surface area contributed by atoms with Gasteiger partial charge in [0.2, 0.25) is 0 Å². The maximum Gasteiger partial charge on any atom is 0.267 e. The molecule has 0 saturated heterocycles. The predicted octanol–water partition coefficient (Wildman–Crippen LogP) is 5.97. The molecule has 5 rings (SSSR count). The van der Waals surface area contributed by atoms with Gasteiger partial charge in [0.15, 0.2) is 6.10 Å². The molecule has 0 fully saturated rings. The lowest BCUT2D eigenvalue weighted by molar-refractivity contribution is -0.124. The molecule has 0 saturated carbocycles. The highest BCUT2D eigenvalue weighted by molar-refractivity contribution is 7.12. The Hall–Kier alpha value is -3.90. The Balaban J connectivity index is 1.44. The molecular formula is C30H28N2O3S. The van der Waals surface area contributed by atoms with E-state index in [-0.39, 0.29) is 17.9 Å². The van der Waals surface area contributed by atoms with Gasteiger partial charge >= 0.3 is 0 Å². The van der Waals surface area contributed by atoms with Gasteiger partial charge in [-0.15, -0.1) is 11.3 Å². The Morgan fingerprint density at radius 3 is 2.39 bits per heavy atom. The summed E-state index contributed by atoms with van der Waals surface area (Å²) in [5.41, 5.74) is 4.08. The number of rotatable bonds is 6. The molecule has 5 nitrogen and oxygen atoms in total. The molecule has 1 aliphatic rings. The van der Waals surface area contributed by atoms with Crippen molar-refractivity contribution < 1.29 is 14.3 Å². The fourth-order valence-electron chi connectivity index (χ4n) is 4.73. The molecule has 36 heavy (non-hydrogen) atoms. The van der Waals surface area contributed by atoms with E-state index in [0.29, 0.717) is 12.3 Å². The number of fused-ring (bicyclic) bond motifs is 1. The molecule has 3 aromatic carbocycles. The fourth-order valence-corrected chi connectivity index (χ4v) is 5.41. The van der Waals surface area contributed by atoms with Gasteiger partial charge in [0.1, 0.15) is 5.75 Å². The molecule has 0 bridgehead atoms. The minimum absolute atomic E-state index is 0.0313. The molecule has 2 amide bonds. The zero-order chi connectivity index (χ0) is 25.1. The molecule has 0 spiro atoms. The first-order chi connectivity index (χ1) is 17.5. The number of likely N-dealkylation sites (N-methyl/N-ethyl adjacent to an activating group) is 1. The maximum absolute atomic E-state index is 13.5. The van der Waals surface area contributed by atoms with E-state index >= 15 is 0 Å². The van der Waals surface area contributed by atoms with E-state index in [1.54, 1.807) is 18.9 Å². The highest BCUT2D eigenvalue weighted by Crippen LogP contribution is 2.38. The van der Waals surface area contributed by atoms with E-state index < -0.39 is 6.10 Å². The lowest BCUT2D eigenvalue weighted by Crippen LogP contribution is -2.40. The number of para-hydroxylation sites is 1. The van der Waals surface area contributed by atoms with Crippen LogP contribution in [0.5, 0.6) is 5.75 Å². The number of carbonyl (C=O) groups is 2. The highest BCUT2D eigenvalue weighted by Gasteiger charge is 2.33. The van der Waals surface area contributed by atoms with Crippen LogP contribution in [-0.2, 0) is 11.2 Å². The number of nitrogens with zero attached hydrogens (tertiary/aromatic N) is 2. The average Bonchev–Trinajstić information content (AvgIpc) is 3.47. The van der Waals surface area contributed by atoms with Gasteiger partial charge in [0, 0.05) is 19.3 Å². The van der Waals surface area contributed by atoms with Crippen molar-refractivity contribution in [3.8, 4) is 5.75 Å². The molecule has 0 aliphatic carbocycles. The van der Waals surface area contributed by atoms with Crippen LogP contribution in [0.15, 0.2) is 96.4 Å². The van der Waals surface area contributed by atoms with E-state index in [1.807, 2.05) is 83.1 Å². The van der Waals surface area contributed by atoms with Gasteiger partial charge in [-0.05, 0) is 65.7 Å². The van der Waals surface area contributed by atoms with Gasteiger partial charge in [0.25, 0.3) is 11.8 Å². The topological polar surface area (TPSA) is 49.9 Å². The third kappa shape index (κ3) is 4.77. The van der Waals surface area contributed by atoms with Crippen molar-refractivity contribution in [1.29, 1.82) is 0 Å². The second kappa shape index (κ2) is 10.4. The molecular weight excluding hydrogens is 468 g/mol.